The van der Waals surface area contributed by atoms with Crippen LogP contribution in [0.3, 0.4) is 0 Å². The van der Waals surface area contributed by atoms with Crippen molar-refractivity contribution in [1.82, 2.24) is 24.4 Å². The van der Waals surface area contributed by atoms with Gasteiger partial charge in [-0.1, -0.05) is 12.1 Å². The van der Waals surface area contributed by atoms with E-state index in [9.17, 15) is 9.59 Å². The lowest BCUT2D eigenvalue weighted by atomic mass is 9.97. The highest BCUT2D eigenvalue weighted by atomic mass is 32.1. The molecule has 1 aromatic carbocycles. The molecule has 0 saturated heterocycles. The zero-order chi connectivity index (χ0) is 20.7. The van der Waals surface area contributed by atoms with Crippen molar-refractivity contribution in [2.24, 2.45) is 0 Å². The van der Waals surface area contributed by atoms with Gasteiger partial charge in [-0.3, -0.25) is 14.2 Å². The van der Waals surface area contributed by atoms with Crippen molar-refractivity contribution in [3.63, 3.8) is 0 Å². The number of benzene rings is 1. The number of hydrogen-bond acceptors (Lipinski definition) is 5. The molecule has 3 aromatic heterocycles. The van der Waals surface area contributed by atoms with Gasteiger partial charge in [0.05, 0.1) is 29.3 Å². The first-order chi connectivity index (χ1) is 14.6. The van der Waals surface area contributed by atoms with Gasteiger partial charge in [0.15, 0.2) is 0 Å². The molecule has 1 amide bonds. The van der Waals surface area contributed by atoms with Crippen LogP contribution in [0, 0.1) is 0 Å². The minimum Gasteiger partial charge on any atom is -0.340 e. The number of aromatic nitrogens is 4. The molecule has 3 heterocycles. The van der Waals surface area contributed by atoms with Crippen LogP contribution in [0.4, 0.5) is 0 Å². The van der Waals surface area contributed by atoms with E-state index in [1.165, 1.54) is 16.9 Å². The fourth-order valence-corrected chi connectivity index (χ4v) is 5.36. The number of nitrogens with one attached hydrogen (secondary N) is 1. The molecule has 30 heavy (non-hydrogen) atoms. The van der Waals surface area contributed by atoms with E-state index in [-0.39, 0.29) is 17.9 Å². The minimum absolute atomic E-state index is 0.0212. The summed E-state index contributed by atoms with van der Waals surface area (Å²) in [6.07, 6.45) is 6.13. The molecule has 154 valence electrons. The van der Waals surface area contributed by atoms with E-state index in [1.807, 2.05) is 24.3 Å². The number of para-hydroxylation sites is 2. The summed E-state index contributed by atoms with van der Waals surface area (Å²) in [5.74, 6) is 0.715. The van der Waals surface area contributed by atoms with Crippen molar-refractivity contribution >= 4 is 38.5 Å². The van der Waals surface area contributed by atoms with Crippen LogP contribution in [0.5, 0.6) is 0 Å². The van der Waals surface area contributed by atoms with Crippen LogP contribution in [0.15, 0.2) is 35.4 Å². The van der Waals surface area contributed by atoms with E-state index in [1.54, 1.807) is 34.2 Å². The molecule has 0 fully saturated rings. The molecule has 0 aliphatic heterocycles. The zero-order valence-corrected chi connectivity index (χ0v) is 17.7. The Bertz CT molecular complexity index is 1270. The van der Waals surface area contributed by atoms with Crippen molar-refractivity contribution in [2.75, 3.05) is 7.05 Å². The lowest BCUT2D eigenvalue weighted by Crippen LogP contribution is -2.29. The first-order valence-corrected chi connectivity index (χ1v) is 11.1. The minimum atomic E-state index is -0.0326. The number of carbonyl (C=O) groups is 1. The number of thiophene rings is 1. The van der Waals surface area contributed by atoms with Gasteiger partial charge in [0, 0.05) is 24.9 Å². The monoisotopic (exact) mass is 421 g/mol. The van der Waals surface area contributed by atoms with E-state index >= 15 is 0 Å². The second-order valence-corrected chi connectivity index (χ2v) is 8.92. The first-order valence-electron chi connectivity index (χ1n) is 10.3. The van der Waals surface area contributed by atoms with E-state index in [4.69, 9.17) is 0 Å². The molecule has 1 aliphatic rings. The summed E-state index contributed by atoms with van der Waals surface area (Å²) in [6, 6.07) is 7.80. The molecular weight excluding hydrogens is 398 g/mol. The Balaban J connectivity index is 1.29. The fourth-order valence-electron chi connectivity index (χ4n) is 4.14. The second kappa shape index (κ2) is 7.68. The normalized spacial score (nSPS) is 13.6. The van der Waals surface area contributed by atoms with Crippen molar-refractivity contribution < 1.29 is 4.79 Å². The van der Waals surface area contributed by atoms with Crippen LogP contribution in [0.1, 0.15) is 35.5 Å². The molecule has 0 bridgehead atoms. The van der Waals surface area contributed by atoms with Crippen molar-refractivity contribution in [1.29, 1.82) is 0 Å². The quantitative estimate of drug-likeness (QED) is 0.536. The van der Waals surface area contributed by atoms with Gasteiger partial charge in [-0.25, -0.2) is 9.97 Å². The van der Waals surface area contributed by atoms with Gasteiger partial charge >= 0.3 is 0 Å². The summed E-state index contributed by atoms with van der Waals surface area (Å²) >= 11 is 1.64. The summed E-state index contributed by atoms with van der Waals surface area (Å²) in [7, 11) is 1.76. The van der Waals surface area contributed by atoms with Crippen molar-refractivity contribution in [3.8, 4) is 0 Å². The smallest absolute Gasteiger partial charge is 0.262 e. The largest absolute Gasteiger partial charge is 0.340 e. The molecular formula is C22H23N5O2S. The topological polar surface area (TPSA) is 83.9 Å². The molecule has 5 rings (SSSR count). The Labute approximate surface area is 177 Å². The third-order valence-electron chi connectivity index (χ3n) is 5.76. The summed E-state index contributed by atoms with van der Waals surface area (Å²) < 4.78 is 1.58. The number of imidazole rings is 1. The van der Waals surface area contributed by atoms with Crippen LogP contribution in [-0.4, -0.2) is 37.4 Å². The molecule has 0 spiro atoms. The fraction of sp³-hybridized carbons (Fsp3) is 0.364. The highest BCUT2D eigenvalue weighted by molar-refractivity contribution is 7.18. The Morgan fingerprint density at radius 1 is 1.27 bits per heavy atom. The number of hydrogen-bond donors (Lipinski definition) is 1. The Hall–Kier alpha value is -3.00. The zero-order valence-electron chi connectivity index (χ0n) is 16.9. The Kier molecular flexibility index (Phi) is 4.86. The molecule has 8 heteroatoms. The number of aromatic amines is 1. The van der Waals surface area contributed by atoms with Gasteiger partial charge in [-0.05, 0) is 43.4 Å². The number of carbonyl (C=O) groups excluding carboxylic acids is 1. The number of rotatable bonds is 5. The van der Waals surface area contributed by atoms with Gasteiger partial charge in [-0.15, -0.1) is 11.3 Å². The highest BCUT2D eigenvalue weighted by Crippen LogP contribution is 2.33. The highest BCUT2D eigenvalue weighted by Gasteiger charge is 2.20. The van der Waals surface area contributed by atoms with Crippen LogP contribution >= 0.6 is 11.3 Å². The van der Waals surface area contributed by atoms with Crippen LogP contribution in [0.2, 0.25) is 0 Å². The Morgan fingerprint density at radius 3 is 2.97 bits per heavy atom. The summed E-state index contributed by atoms with van der Waals surface area (Å²) in [5.41, 5.74) is 3.00. The van der Waals surface area contributed by atoms with Gasteiger partial charge in [-0.2, -0.15) is 0 Å². The molecule has 0 saturated carbocycles. The van der Waals surface area contributed by atoms with Gasteiger partial charge in [0.2, 0.25) is 5.91 Å². The number of aryl methyl sites for hydroxylation is 3. The molecule has 7 nitrogen and oxygen atoms in total. The van der Waals surface area contributed by atoms with E-state index in [2.05, 4.69) is 15.0 Å². The average molecular weight is 422 g/mol. The predicted molar refractivity (Wildman–Crippen MR) is 118 cm³/mol. The number of fused-ring (bicyclic) bond motifs is 4. The maximum absolute atomic E-state index is 13.0. The van der Waals surface area contributed by atoms with Crippen LogP contribution in [0.25, 0.3) is 21.3 Å². The maximum atomic E-state index is 13.0. The molecule has 0 radical (unpaired) electrons. The molecule has 1 N–H and O–H groups in total. The van der Waals surface area contributed by atoms with Crippen molar-refractivity contribution in [2.45, 2.75) is 45.2 Å². The SMILES string of the molecule is CN(Cc1nc2ccccc2[nH]1)C(=O)CCn1cnc2sc3c(c2c1=O)CCCC3. The summed E-state index contributed by atoms with van der Waals surface area (Å²) in [5, 5.41) is 0.764. The predicted octanol–water partition coefficient (Wildman–Crippen LogP) is 3.26. The molecule has 1 aliphatic carbocycles. The molecule has 0 unspecified atom stereocenters. The van der Waals surface area contributed by atoms with Crippen molar-refractivity contribution in [3.05, 3.63) is 57.2 Å². The lowest BCUT2D eigenvalue weighted by Gasteiger charge is -2.16. The van der Waals surface area contributed by atoms with Gasteiger partial charge in [0.25, 0.3) is 5.56 Å². The van der Waals surface area contributed by atoms with Gasteiger partial charge in [0.1, 0.15) is 10.7 Å². The Morgan fingerprint density at radius 2 is 2.10 bits per heavy atom. The maximum Gasteiger partial charge on any atom is 0.262 e. The standard InChI is InChI=1S/C22H23N5O2S/c1-26(12-18-24-15-7-3-4-8-16(15)25-18)19(28)10-11-27-13-23-21-20(22(27)29)14-6-2-5-9-17(14)30-21/h3-4,7-8,13H,2,5-6,9-12H2,1H3,(H,24,25). The third-order valence-corrected chi connectivity index (χ3v) is 6.96. The van der Waals surface area contributed by atoms with Crippen LogP contribution < -0.4 is 5.56 Å². The van der Waals surface area contributed by atoms with Crippen LogP contribution in [-0.2, 0) is 30.7 Å². The van der Waals surface area contributed by atoms with Gasteiger partial charge < -0.3 is 9.88 Å². The third kappa shape index (κ3) is 3.41. The number of H-pyrrole nitrogens is 1. The number of nitrogens with zero attached hydrogens (tertiary/aromatic N) is 4. The molecule has 4 aromatic rings. The molecule has 0 atom stereocenters. The van der Waals surface area contributed by atoms with E-state index in [0.717, 1.165) is 46.3 Å². The van der Waals surface area contributed by atoms with E-state index in [0.29, 0.717) is 13.1 Å². The lowest BCUT2D eigenvalue weighted by molar-refractivity contribution is -0.130. The second-order valence-electron chi connectivity index (χ2n) is 7.83. The first kappa shape index (κ1) is 19.0. The average Bonchev–Trinajstić information content (AvgIpc) is 3.33. The number of amides is 1. The summed E-state index contributed by atoms with van der Waals surface area (Å²) in [6.45, 7) is 0.730. The summed E-state index contributed by atoms with van der Waals surface area (Å²) in [4.78, 5) is 41.7. The van der Waals surface area contributed by atoms with E-state index < -0.39 is 0 Å².